The number of amides is 1. The molecular weight excluding hydrogens is 344 g/mol. The summed E-state index contributed by atoms with van der Waals surface area (Å²) in [5, 5.41) is 3.01. The molecule has 0 bridgehead atoms. The number of aromatic amines is 1. The molecule has 2 aromatic rings. The van der Waals surface area contributed by atoms with Crippen LogP contribution in [-0.2, 0) is 9.47 Å². The number of hydrogen-bond donors (Lipinski definition) is 2. The number of methoxy groups -OCH3 is 1. The molecule has 0 spiro atoms. The second kappa shape index (κ2) is 8.86. The fourth-order valence-corrected chi connectivity index (χ4v) is 3.15. The smallest absolute Gasteiger partial charge is 0.340 e. The maximum Gasteiger partial charge on any atom is 0.340 e. The van der Waals surface area contributed by atoms with Gasteiger partial charge in [0.15, 0.2) is 0 Å². The average Bonchev–Trinajstić information content (AvgIpc) is 2.91. The molecule has 0 aliphatic carbocycles. The van der Waals surface area contributed by atoms with Crippen LogP contribution < -0.4 is 5.32 Å². The summed E-state index contributed by atoms with van der Waals surface area (Å²) in [7, 11) is 1.54. The van der Waals surface area contributed by atoms with Gasteiger partial charge in [-0.1, -0.05) is 23.8 Å². The summed E-state index contributed by atoms with van der Waals surface area (Å²) in [6.45, 7) is 10.00. The minimum absolute atomic E-state index is 0.155. The summed E-state index contributed by atoms with van der Waals surface area (Å²) in [5.41, 5.74) is 5.31. The Morgan fingerprint density at radius 1 is 1.15 bits per heavy atom. The van der Waals surface area contributed by atoms with Crippen LogP contribution in [0.25, 0.3) is 0 Å². The second-order valence-corrected chi connectivity index (χ2v) is 6.81. The van der Waals surface area contributed by atoms with Gasteiger partial charge in [-0.15, -0.1) is 0 Å². The van der Waals surface area contributed by atoms with E-state index in [0.717, 1.165) is 16.7 Å². The van der Waals surface area contributed by atoms with Gasteiger partial charge in [-0.25, -0.2) is 4.79 Å². The SMILES string of the molecule is COCCOC(=O)c1c(C)[nH]c(C(=O)NC(C)c2cc(C)ccc2C)c1C. The first-order valence-electron chi connectivity index (χ1n) is 8.99. The van der Waals surface area contributed by atoms with Crippen LogP contribution in [0.5, 0.6) is 0 Å². The topological polar surface area (TPSA) is 80.4 Å². The van der Waals surface area contributed by atoms with Gasteiger partial charge >= 0.3 is 5.97 Å². The van der Waals surface area contributed by atoms with Crippen molar-refractivity contribution < 1.29 is 19.1 Å². The Bertz CT molecular complexity index is 839. The van der Waals surface area contributed by atoms with Crippen molar-refractivity contribution in [1.82, 2.24) is 10.3 Å². The van der Waals surface area contributed by atoms with Crippen molar-refractivity contribution in [2.45, 2.75) is 40.7 Å². The van der Waals surface area contributed by atoms with Crippen LogP contribution in [0.3, 0.4) is 0 Å². The van der Waals surface area contributed by atoms with Crippen LogP contribution >= 0.6 is 0 Å². The first-order chi connectivity index (χ1) is 12.8. The van der Waals surface area contributed by atoms with Crippen molar-refractivity contribution in [2.24, 2.45) is 0 Å². The molecule has 0 fully saturated rings. The molecule has 0 aliphatic heterocycles. The van der Waals surface area contributed by atoms with Gasteiger partial charge < -0.3 is 19.8 Å². The normalized spacial score (nSPS) is 11.9. The molecule has 1 amide bonds. The molecule has 27 heavy (non-hydrogen) atoms. The van der Waals surface area contributed by atoms with Crippen LogP contribution in [-0.4, -0.2) is 37.2 Å². The minimum atomic E-state index is -0.458. The fourth-order valence-electron chi connectivity index (χ4n) is 3.15. The lowest BCUT2D eigenvalue weighted by molar-refractivity contribution is 0.0387. The van der Waals surface area contributed by atoms with Gasteiger partial charge in [0.2, 0.25) is 0 Å². The molecule has 2 N–H and O–H groups in total. The number of esters is 1. The fraction of sp³-hybridized carbons (Fsp3) is 0.429. The number of rotatable bonds is 7. The van der Waals surface area contributed by atoms with E-state index in [1.54, 1.807) is 21.0 Å². The summed E-state index contributed by atoms with van der Waals surface area (Å²) < 4.78 is 10.1. The number of carbonyl (C=O) groups excluding carboxylic acids is 2. The highest BCUT2D eigenvalue weighted by Crippen LogP contribution is 2.22. The maximum absolute atomic E-state index is 12.8. The van der Waals surface area contributed by atoms with Crippen molar-refractivity contribution in [2.75, 3.05) is 20.3 Å². The van der Waals surface area contributed by atoms with E-state index in [0.29, 0.717) is 29.1 Å². The monoisotopic (exact) mass is 372 g/mol. The third-order valence-corrected chi connectivity index (χ3v) is 4.64. The van der Waals surface area contributed by atoms with E-state index < -0.39 is 5.97 Å². The quantitative estimate of drug-likeness (QED) is 0.575. The standard InChI is InChI=1S/C21H28N2O4/c1-12-7-8-13(2)17(11-12)15(4)23-20(24)19-14(3)18(16(5)22-19)21(25)27-10-9-26-6/h7-8,11,15,22H,9-10H2,1-6H3,(H,23,24). The summed E-state index contributed by atoms with van der Waals surface area (Å²) in [6, 6.07) is 6.02. The van der Waals surface area contributed by atoms with Gasteiger partial charge in [-0.05, 0) is 51.3 Å². The number of ether oxygens (including phenoxy) is 2. The Kier molecular flexibility index (Phi) is 6.80. The zero-order chi connectivity index (χ0) is 20.1. The minimum Gasteiger partial charge on any atom is -0.460 e. The molecule has 146 valence electrons. The first kappa shape index (κ1) is 20.7. The Balaban J connectivity index is 2.18. The van der Waals surface area contributed by atoms with E-state index >= 15 is 0 Å². The van der Waals surface area contributed by atoms with E-state index in [2.05, 4.69) is 16.4 Å². The van der Waals surface area contributed by atoms with Crippen LogP contribution in [0, 0.1) is 27.7 Å². The highest BCUT2D eigenvalue weighted by molar-refractivity contribution is 6.00. The number of aromatic nitrogens is 1. The lowest BCUT2D eigenvalue weighted by Crippen LogP contribution is -2.28. The molecule has 0 saturated carbocycles. The Morgan fingerprint density at radius 3 is 2.52 bits per heavy atom. The first-order valence-corrected chi connectivity index (χ1v) is 8.99. The Labute approximate surface area is 160 Å². The van der Waals surface area contributed by atoms with Gasteiger partial charge in [-0.2, -0.15) is 0 Å². The molecule has 1 aromatic heterocycles. The molecule has 0 saturated heterocycles. The Morgan fingerprint density at radius 2 is 1.85 bits per heavy atom. The highest BCUT2D eigenvalue weighted by atomic mass is 16.6. The van der Waals surface area contributed by atoms with Crippen molar-refractivity contribution in [3.05, 3.63) is 57.4 Å². The molecule has 0 radical (unpaired) electrons. The van der Waals surface area contributed by atoms with E-state index in [1.807, 2.05) is 32.9 Å². The number of hydrogen-bond acceptors (Lipinski definition) is 4. The zero-order valence-corrected chi connectivity index (χ0v) is 16.9. The number of H-pyrrole nitrogens is 1. The number of nitrogens with one attached hydrogen (secondary N) is 2. The predicted octanol–water partition coefficient (Wildman–Crippen LogP) is 3.54. The van der Waals surface area contributed by atoms with Crippen LogP contribution in [0.1, 0.15) is 61.8 Å². The molecular formula is C21H28N2O4. The highest BCUT2D eigenvalue weighted by Gasteiger charge is 2.24. The number of benzene rings is 1. The largest absolute Gasteiger partial charge is 0.460 e. The van der Waals surface area contributed by atoms with Gasteiger partial charge in [0.25, 0.3) is 5.91 Å². The van der Waals surface area contributed by atoms with E-state index in [4.69, 9.17) is 9.47 Å². The Hall–Kier alpha value is -2.60. The van der Waals surface area contributed by atoms with Crippen LogP contribution in [0.15, 0.2) is 18.2 Å². The summed E-state index contributed by atoms with van der Waals surface area (Å²) >= 11 is 0. The number of aryl methyl sites for hydroxylation is 3. The lowest BCUT2D eigenvalue weighted by Gasteiger charge is -2.17. The molecule has 1 atom stereocenters. The van der Waals surface area contributed by atoms with Gasteiger partial charge in [0.1, 0.15) is 12.3 Å². The maximum atomic E-state index is 12.8. The second-order valence-electron chi connectivity index (χ2n) is 6.81. The molecule has 2 rings (SSSR count). The molecule has 6 heteroatoms. The van der Waals surface area contributed by atoms with Gasteiger partial charge in [0.05, 0.1) is 18.2 Å². The summed E-state index contributed by atoms with van der Waals surface area (Å²) in [5.74, 6) is -0.708. The van der Waals surface area contributed by atoms with Gasteiger partial charge in [-0.3, -0.25) is 4.79 Å². The van der Waals surface area contributed by atoms with Crippen molar-refractivity contribution in [1.29, 1.82) is 0 Å². The van der Waals surface area contributed by atoms with Crippen LogP contribution in [0.2, 0.25) is 0 Å². The predicted molar refractivity (Wildman–Crippen MR) is 104 cm³/mol. The molecule has 0 aliphatic rings. The number of carbonyl (C=O) groups is 2. The lowest BCUT2D eigenvalue weighted by atomic mass is 10.00. The third-order valence-electron chi connectivity index (χ3n) is 4.64. The van der Waals surface area contributed by atoms with Gasteiger partial charge in [0, 0.05) is 12.8 Å². The molecule has 1 heterocycles. The molecule has 6 nitrogen and oxygen atoms in total. The third kappa shape index (κ3) is 4.77. The zero-order valence-electron chi connectivity index (χ0n) is 16.9. The summed E-state index contributed by atoms with van der Waals surface area (Å²) in [6.07, 6.45) is 0. The molecule has 1 unspecified atom stereocenters. The average molecular weight is 372 g/mol. The van der Waals surface area contributed by atoms with Crippen molar-refractivity contribution in [3.63, 3.8) is 0 Å². The molecule has 1 aromatic carbocycles. The van der Waals surface area contributed by atoms with Crippen molar-refractivity contribution >= 4 is 11.9 Å². The van der Waals surface area contributed by atoms with E-state index in [1.165, 1.54) is 0 Å². The van der Waals surface area contributed by atoms with E-state index in [9.17, 15) is 9.59 Å². The van der Waals surface area contributed by atoms with Crippen LogP contribution in [0.4, 0.5) is 0 Å². The summed E-state index contributed by atoms with van der Waals surface area (Å²) in [4.78, 5) is 28.1. The van der Waals surface area contributed by atoms with Crippen molar-refractivity contribution in [3.8, 4) is 0 Å². The van der Waals surface area contributed by atoms with E-state index in [-0.39, 0.29) is 18.6 Å².